The summed E-state index contributed by atoms with van der Waals surface area (Å²) in [7, 11) is -10.0. The van der Waals surface area contributed by atoms with E-state index in [4.69, 9.17) is 38.5 Å². The minimum atomic E-state index is -5.39. The molecule has 0 amide bonds. The Morgan fingerprint density at radius 3 is 0.917 bits per heavy atom. The molecule has 0 aliphatic carbocycles. The quantitative estimate of drug-likeness (QED) is 0.291. The molecular formula is H3CuNaO8P2. The van der Waals surface area contributed by atoms with Gasteiger partial charge >= 0.3 is 54.4 Å². The summed E-state index contributed by atoms with van der Waals surface area (Å²) in [4.78, 5) is 47.2. The van der Waals surface area contributed by atoms with Gasteiger partial charge in [-0.2, -0.15) is 7.82 Å². The molecular weight excluding hydrogens is 276 g/mol. The van der Waals surface area contributed by atoms with Crippen LogP contribution in [0.3, 0.4) is 0 Å². The van der Waals surface area contributed by atoms with Gasteiger partial charge in [0, 0.05) is 0 Å². The summed E-state index contributed by atoms with van der Waals surface area (Å²) in [6, 6.07) is 0. The molecule has 0 saturated heterocycles. The minimum absolute atomic E-state index is 0. The van der Waals surface area contributed by atoms with E-state index in [9.17, 15) is 0 Å². The zero-order chi connectivity index (χ0) is 9.00. The van der Waals surface area contributed by atoms with E-state index in [1.165, 1.54) is 0 Å². The summed E-state index contributed by atoms with van der Waals surface area (Å²) in [6.45, 7) is 0. The Balaban J connectivity index is -0.0000000457. The molecule has 0 aliphatic heterocycles. The minimum Gasteiger partial charge on any atom is -0.822 e. The number of phosphoric acid groups is 2. The van der Waals surface area contributed by atoms with Gasteiger partial charge < -0.3 is 33.9 Å². The normalized spacial score (nSPS) is 9.83. The van der Waals surface area contributed by atoms with Gasteiger partial charge in [0.15, 0.2) is 0 Å². The summed E-state index contributed by atoms with van der Waals surface area (Å²) in [5, 5.41) is 0. The van der Waals surface area contributed by atoms with Gasteiger partial charge in [0.25, 0.3) is 0 Å². The van der Waals surface area contributed by atoms with Crippen molar-refractivity contribution < 1.29 is 85.1 Å². The third-order valence-electron chi connectivity index (χ3n) is 0. The molecule has 0 aromatic carbocycles. The zero-order valence-corrected chi connectivity index (χ0v) is 10.3. The molecule has 0 aromatic heterocycles. The van der Waals surface area contributed by atoms with Gasteiger partial charge in [-0.1, -0.05) is 0 Å². The molecule has 0 spiro atoms. The van der Waals surface area contributed by atoms with Gasteiger partial charge in [-0.15, -0.1) is 0 Å². The van der Waals surface area contributed by atoms with Crippen molar-refractivity contribution in [2.45, 2.75) is 0 Å². The average Bonchev–Trinajstić information content (AvgIpc) is 1.12. The van der Waals surface area contributed by atoms with Crippen molar-refractivity contribution in [2.75, 3.05) is 0 Å². The van der Waals surface area contributed by atoms with Gasteiger partial charge in [-0.05, 0) is 0 Å². The molecule has 0 unspecified atom stereocenters. The summed E-state index contributed by atoms with van der Waals surface area (Å²) in [5.41, 5.74) is 0. The van der Waals surface area contributed by atoms with Crippen molar-refractivity contribution in [2.24, 2.45) is 0 Å². The number of hydrogen-bond acceptors (Lipinski definition) is 5. The zero-order valence-electron chi connectivity index (χ0n) is 5.58. The van der Waals surface area contributed by atoms with E-state index in [1.54, 1.807) is 0 Å². The second-order valence-electron chi connectivity index (χ2n) is 0.960. The Bertz CT molecular complexity index is 129. The second-order valence-corrected chi connectivity index (χ2v) is 2.88. The van der Waals surface area contributed by atoms with Crippen LogP contribution in [-0.2, 0) is 26.2 Å². The SMILES string of the molecule is O=P(O)(O)O.O=P([O-])([O-])[O-].[Cu+2].[Na+]. The third-order valence-corrected chi connectivity index (χ3v) is 0. The number of rotatable bonds is 0. The number of hydrogen-bond donors (Lipinski definition) is 3. The van der Waals surface area contributed by atoms with Crippen LogP contribution in [-0.4, -0.2) is 14.7 Å². The molecule has 0 fully saturated rings. The molecule has 0 atom stereocenters. The molecule has 0 aliphatic rings. The first-order valence-electron chi connectivity index (χ1n) is 1.51. The summed E-state index contributed by atoms with van der Waals surface area (Å²) >= 11 is 0. The molecule has 12 heteroatoms. The van der Waals surface area contributed by atoms with Crippen LogP contribution in [0.2, 0.25) is 0 Å². The molecule has 3 N–H and O–H groups in total. The van der Waals surface area contributed by atoms with Gasteiger partial charge in [-0.25, -0.2) is 4.57 Å². The molecule has 0 aromatic rings. The maximum Gasteiger partial charge on any atom is 2.00 e. The molecule has 8 nitrogen and oxygen atoms in total. The van der Waals surface area contributed by atoms with Crippen LogP contribution in [0.25, 0.3) is 0 Å². The molecule has 73 valence electrons. The molecule has 0 rings (SSSR count). The van der Waals surface area contributed by atoms with E-state index < -0.39 is 15.6 Å². The van der Waals surface area contributed by atoms with Gasteiger partial charge in [0.05, 0.1) is 0 Å². The van der Waals surface area contributed by atoms with Crippen molar-refractivity contribution in [3.05, 3.63) is 0 Å². The van der Waals surface area contributed by atoms with Crippen LogP contribution in [0.1, 0.15) is 0 Å². The van der Waals surface area contributed by atoms with Crippen molar-refractivity contribution in [1.82, 2.24) is 0 Å². The molecule has 0 bridgehead atoms. The van der Waals surface area contributed by atoms with E-state index in [1.807, 2.05) is 0 Å². The molecule has 0 heterocycles. The van der Waals surface area contributed by atoms with Gasteiger partial charge in [0.2, 0.25) is 0 Å². The van der Waals surface area contributed by atoms with Crippen LogP contribution in [0.4, 0.5) is 0 Å². The predicted molar refractivity (Wildman–Crippen MR) is 21.9 cm³/mol. The van der Waals surface area contributed by atoms with Crippen molar-refractivity contribution >= 4 is 15.6 Å². The van der Waals surface area contributed by atoms with Crippen molar-refractivity contribution in [3.8, 4) is 0 Å². The summed E-state index contributed by atoms with van der Waals surface area (Å²) in [5.74, 6) is 0. The van der Waals surface area contributed by atoms with E-state index in [2.05, 4.69) is 0 Å². The fourth-order valence-corrected chi connectivity index (χ4v) is 0. The van der Waals surface area contributed by atoms with Gasteiger partial charge in [-0.3, -0.25) is 0 Å². The smallest absolute Gasteiger partial charge is 0.822 e. The van der Waals surface area contributed by atoms with Crippen LogP contribution < -0.4 is 44.2 Å². The Morgan fingerprint density at radius 2 is 0.917 bits per heavy atom. The standard InChI is InChI=1S/Cu.Na.2H3O4P/c;;2*1-5(2,3)4/h;;2*(H3,1,2,3,4)/q+2;+1;;/p-3. The first-order chi connectivity index (χ1) is 4.00. The summed E-state index contributed by atoms with van der Waals surface area (Å²) < 4.78 is 17.4. The fourth-order valence-electron chi connectivity index (χ4n) is 0. The largest absolute Gasteiger partial charge is 2.00 e. The van der Waals surface area contributed by atoms with E-state index in [0.717, 1.165) is 0 Å². The first-order valence-corrected chi connectivity index (χ1v) is 4.54. The topological polar surface area (TPSA) is 164 Å². The molecule has 1 radical (unpaired) electrons. The van der Waals surface area contributed by atoms with Crippen LogP contribution in [0.15, 0.2) is 0 Å². The van der Waals surface area contributed by atoms with Crippen LogP contribution in [0, 0.1) is 0 Å². The summed E-state index contributed by atoms with van der Waals surface area (Å²) in [6.07, 6.45) is 0. The van der Waals surface area contributed by atoms with Crippen molar-refractivity contribution in [1.29, 1.82) is 0 Å². The van der Waals surface area contributed by atoms with Crippen LogP contribution >= 0.6 is 15.6 Å². The maximum absolute atomic E-state index is 8.88. The Kier molecular flexibility index (Phi) is 18.2. The Labute approximate surface area is 100 Å². The third kappa shape index (κ3) is 447. The molecule has 12 heavy (non-hydrogen) atoms. The second kappa shape index (κ2) is 9.30. The van der Waals surface area contributed by atoms with Gasteiger partial charge in [0.1, 0.15) is 0 Å². The Morgan fingerprint density at radius 1 is 0.917 bits per heavy atom. The van der Waals surface area contributed by atoms with E-state index >= 15 is 0 Å². The molecule has 0 saturated carbocycles. The fraction of sp³-hybridized carbons (Fsp3) is 0. The Hall–Kier alpha value is 1.74. The van der Waals surface area contributed by atoms with Crippen molar-refractivity contribution in [3.63, 3.8) is 0 Å². The first kappa shape index (κ1) is 23.5. The monoisotopic (exact) mass is 279 g/mol. The van der Waals surface area contributed by atoms with E-state index in [0.29, 0.717) is 0 Å². The van der Waals surface area contributed by atoms with Crippen LogP contribution in [0.5, 0.6) is 0 Å². The van der Waals surface area contributed by atoms with E-state index in [-0.39, 0.29) is 46.6 Å². The average molecular weight is 280 g/mol. The maximum atomic E-state index is 8.88. The predicted octanol–water partition coefficient (Wildman–Crippen LogP) is -6.75.